The summed E-state index contributed by atoms with van der Waals surface area (Å²) >= 11 is 0. The normalized spacial score (nSPS) is 11.4. The summed E-state index contributed by atoms with van der Waals surface area (Å²) < 4.78 is 27.7. The first-order chi connectivity index (χ1) is 15.4. The molecular formula is C20H28N6O6S. The number of amides is 2. The van der Waals surface area contributed by atoms with Crippen molar-refractivity contribution in [3.8, 4) is 0 Å². The Labute approximate surface area is 191 Å². The van der Waals surface area contributed by atoms with Crippen LogP contribution in [0, 0.1) is 0 Å². The maximum Gasteiger partial charge on any atom is 0.330 e. The lowest BCUT2D eigenvalue weighted by Gasteiger charge is -2.23. The summed E-state index contributed by atoms with van der Waals surface area (Å²) in [6.07, 6.45) is 1.42. The molecule has 33 heavy (non-hydrogen) atoms. The van der Waals surface area contributed by atoms with Crippen molar-refractivity contribution < 1.29 is 18.0 Å². The third kappa shape index (κ3) is 5.87. The smallest absolute Gasteiger partial charge is 0.330 e. The van der Waals surface area contributed by atoms with Crippen LogP contribution in [-0.2, 0) is 26.2 Å². The van der Waals surface area contributed by atoms with Gasteiger partial charge in [-0.1, -0.05) is 13.3 Å². The highest BCUT2D eigenvalue weighted by Gasteiger charge is 2.27. The SMILES string of the molecule is CCCCn1c(N)c(N(C)C(=O)CN(C)S(=O)(=O)c2ccc(NC(C)=O)cc2)c(=O)[nH]c1=O. The van der Waals surface area contributed by atoms with Crippen LogP contribution in [-0.4, -0.2) is 54.7 Å². The van der Waals surface area contributed by atoms with Crippen LogP contribution in [0.25, 0.3) is 0 Å². The first-order valence-electron chi connectivity index (χ1n) is 10.1. The molecule has 2 rings (SSSR count). The molecule has 0 saturated carbocycles. The maximum absolute atomic E-state index is 12.8. The number of carbonyl (C=O) groups excluding carboxylic acids is 2. The van der Waals surface area contributed by atoms with Crippen LogP contribution >= 0.6 is 0 Å². The van der Waals surface area contributed by atoms with Crippen molar-refractivity contribution in [2.75, 3.05) is 36.6 Å². The molecule has 0 bridgehead atoms. The van der Waals surface area contributed by atoms with Gasteiger partial charge in [0.05, 0.1) is 11.4 Å². The number of likely N-dealkylation sites (N-methyl/N-ethyl adjacent to an activating group) is 2. The van der Waals surface area contributed by atoms with Gasteiger partial charge < -0.3 is 16.0 Å². The second-order valence-electron chi connectivity index (χ2n) is 7.42. The molecule has 0 aliphatic rings. The monoisotopic (exact) mass is 480 g/mol. The molecule has 0 unspecified atom stereocenters. The van der Waals surface area contributed by atoms with Crippen LogP contribution < -0.4 is 27.2 Å². The predicted octanol–water partition coefficient (Wildman–Crippen LogP) is 0.161. The standard InChI is InChI=1S/C20H28N6O6S/c1-5-6-11-26-18(21)17(19(29)23-20(26)30)25(4)16(28)12-24(3)33(31,32)15-9-7-14(8-10-15)22-13(2)27/h7-10H,5-6,11-12,21H2,1-4H3,(H,22,27)(H,23,29,30). The van der Waals surface area contributed by atoms with E-state index in [4.69, 9.17) is 5.73 Å². The lowest BCUT2D eigenvalue weighted by molar-refractivity contribution is -0.118. The van der Waals surface area contributed by atoms with Gasteiger partial charge in [0.25, 0.3) is 5.56 Å². The van der Waals surface area contributed by atoms with Gasteiger partial charge >= 0.3 is 5.69 Å². The summed E-state index contributed by atoms with van der Waals surface area (Å²) in [6, 6.07) is 5.46. The third-order valence-corrected chi connectivity index (χ3v) is 6.72. The summed E-state index contributed by atoms with van der Waals surface area (Å²) in [5.41, 5.74) is 4.67. The van der Waals surface area contributed by atoms with E-state index in [1.165, 1.54) is 49.9 Å². The molecule has 1 aromatic carbocycles. The van der Waals surface area contributed by atoms with E-state index < -0.39 is 33.7 Å². The number of nitrogens with two attached hydrogens (primary N) is 1. The van der Waals surface area contributed by atoms with Crippen molar-refractivity contribution in [2.24, 2.45) is 0 Å². The number of rotatable bonds is 9. The third-order valence-electron chi connectivity index (χ3n) is 4.90. The maximum atomic E-state index is 12.8. The number of anilines is 3. The fourth-order valence-electron chi connectivity index (χ4n) is 3.04. The lowest BCUT2D eigenvalue weighted by Crippen LogP contribution is -2.43. The summed E-state index contributed by atoms with van der Waals surface area (Å²) in [6.45, 7) is 2.93. The minimum Gasteiger partial charge on any atom is -0.383 e. The number of unbranched alkanes of at least 4 members (excludes halogenated alkanes) is 1. The number of hydrogen-bond acceptors (Lipinski definition) is 7. The number of nitrogens with zero attached hydrogens (tertiary/aromatic N) is 3. The van der Waals surface area contributed by atoms with E-state index in [0.29, 0.717) is 12.1 Å². The Kier molecular flexibility index (Phi) is 8.17. The first-order valence-corrected chi connectivity index (χ1v) is 11.6. The van der Waals surface area contributed by atoms with Gasteiger partial charge in [-0.05, 0) is 30.7 Å². The van der Waals surface area contributed by atoms with Crippen molar-refractivity contribution in [2.45, 2.75) is 38.1 Å². The van der Waals surface area contributed by atoms with Gasteiger partial charge in [-0.2, -0.15) is 4.31 Å². The van der Waals surface area contributed by atoms with E-state index in [-0.39, 0.29) is 28.9 Å². The molecule has 0 aliphatic heterocycles. The molecule has 1 aromatic heterocycles. The zero-order valence-electron chi connectivity index (χ0n) is 18.9. The number of hydrogen-bond donors (Lipinski definition) is 3. The number of sulfonamides is 1. The largest absolute Gasteiger partial charge is 0.383 e. The van der Waals surface area contributed by atoms with Gasteiger partial charge in [0.15, 0.2) is 5.69 Å². The van der Waals surface area contributed by atoms with E-state index in [2.05, 4.69) is 10.3 Å². The quantitative estimate of drug-likeness (QED) is 0.459. The number of benzene rings is 1. The molecule has 0 radical (unpaired) electrons. The molecule has 0 spiro atoms. The minimum absolute atomic E-state index is 0.0833. The predicted molar refractivity (Wildman–Crippen MR) is 125 cm³/mol. The Hall–Kier alpha value is -3.45. The Bertz CT molecular complexity index is 1250. The van der Waals surface area contributed by atoms with E-state index in [1.807, 2.05) is 6.92 Å². The van der Waals surface area contributed by atoms with Crippen LogP contribution in [0.1, 0.15) is 26.7 Å². The Morgan fingerprint density at radius 3 is 2.30 bits per heavy atom. The van der Waals surface area contributed by atoms with E-state index >= 15 is 0 Å². The number of H-pyrrole nitrogens is 1. The van der Waals surface area contributed by atoms with Crippen molar-refractivity contribution in [3.63, 3.8) is 0 Å². The van der Waals surface area contributed by atoms with E-state index in [1.54, 1.807) is 0 Å². The second kappa shape index (κ2) is 10.4. The highest BCUT2D eigenvalue weighted by Crippen LogP contribution is 2.19. The number of aromatic amines is 1. The Morgan fingerprint density at radius 2 is 1.76 bits per heavy atom. The van der Waals surface area contributed by atoms with Gasteiger partial charge in [0.1, 0.15) is 5.82 Å². The molecule has 2 aromatic rings. The number of carbonyl (C=O) groups is 2. The van der Waals surface area contributed by atoms with Crippen molar-refractivity contribution in [3.05, 3.63) is 45.1 Å². The zero-order valence-corrected chi connectivity index (χ0v) is 19.7. The summed E-state index contributed by atoms with van der Waals surface area (Å²) in [4.78, 5) is 51.3. The molecule has 2 amide bonds. The lowest BCUT2D eigenvalue weighted by atomic mass is 10.3. The van der Waals surface area contributed by atoms with Crippen molar-refractivity contribution >= 4 is 39.0 Å². The van der Waals surface area contributed by atoms with Crippen LogP contribution in [0.15, 0.2) is 38.8 Å². The van der Waals surface area contributed by atoms with Gasteiger partial charge in [0.2, 0.25) is 21.8 Å². The summed E-state index contributed by atoms with van der Waals surface area (Å²) in [5.74, 6) is -1.20. The molecule has 4 N–H and O–H groups in total. The molecule has 1 heterocycles. The van der Waals surface area contributed by atoms with E-state index in [9.17, 15) is 27.6 Å². The fourth-order valence-corrected chi connectivity index (χ4v) is 4.16. The Morgan fingerprint density at radius 1 is 1.15 bits per heavy atom. The van der Waals surface area contributed by atoms with E-state index in [0.717, 1.165) is 15.6 Å². The van der Waals surface area contributed by atoms with Gasteiger partial charge in [-0.25, -0.2) is 13.2 Å². The summed E-state index contributed by atoms with van der Waals surface area (Å²) in [7, 11) is -1.54. The molecule has 180 valence electrons. The number of nitrogens with one attached hydrogen (secondary N) is 2. The Balaban J connectivity index is 2.26. The summed E-state index contributed by atoms with van der Waals surface area (Å²) in [5, 5.41) is 2.53. The van der Waals surface area contributed by atoms with Crippen LogP contribution in [0.5, 0.6) is 0 Å². The van der Waals surface area contributed by atoms with Crippen molar-refractivity contribution in [1.29, 1.82) is 0 Å². The molecule has 0 saturated heterocycles. The van der Waals surface area contributed by atoms with Crippen LogP contribution in [0.3, 0.4) is 0 Å². The topological polar surface area (TPSA) is 168 Å². The first kappa shape index (κ1) is 25.8. The average Bonchev–Trinajstić information content (AvgIpc) is 2.73. The molecule has 0 fully saturated rings. The highest BCUT2D eigenvalue weighted by atomic mass is 32.2. The zero-order chi connectivity index (χ0) is 24.9. The second-order valence-corrected chi connectivity index (χ2v) is 9.46. The highest BCUT2D eigenvalue weighted by molar-refractivity contribution is 7.89. The molecule has 13 heteroatoms. The fraction of sp³-hybridized carbons (Fsp3) is 0.400. The molecular weight excluding hydrogens is 452 g/mol. The van der Waals surface area contributed by atoms with Crippen LogP contribution in [0.4, 0.5) is 17.2 Å². The van der Waals surface area contributed by atoms with Crippen molar-refractivity contribution in [1.82, 2.24) is 13.9 Å². The van der Waals surface area contributed by atoms with Gasteiger partial charge in [0, 0.05) is 33.3 Å². The van der Waals surface area contributed by atoms with Gasteiger partial charge in [-0.3, -0.25) is 23.9 Å². The molecule has 0 aliphatic carbocycles. The number of nitrogen functional groups attached to an aromatic ring is 1. The minimum atomic E-state index is -4.04. The molecule has 0 atom stereocenters. The van der Waals surface area contributed by atoms with Gasteiger partial charge in [-0.15, -0.1) is 0 Å². The van der Waals surface area contributed by atoms with Crippen LogP contribution in [0.2, 0.25) is 0 Å². The molecule has 12 nitrogen and oxygen atoms in total. The number of aromatic nitrogens is 2. The average molecular weight is 481 g/mol.